The molecule has 0 saturated carbocycles. The Morgan fingerprint density at radius 3 is 2.08 bits per heavy atom. The molecule has 0 spiro atoms. The number of sulfonamides is 1. The molecule has 0 aliphatic heterocycles. The molecule has 0 radical (unpaired) electrons. The van der Waals surface area contributed by atoms with E-state index < -0.39 is 28.5 Å². The lowest BCUT2D eigenvalue weighted by atomic mass is 10.1. The SMILES string of the molecule is CCCCNC(=O)C(CC)N(Cc1ccccc1)C(=O)CN(c1ccc(Cl)cc1)S(=O)(=O)c1ccccc1. The van der Waals surface area contributed by atoms with Crippen LogP contribution >= 0.6 is 11.6 Å². The summed E-state index contributed by atoms with van der Waals surface area (Å²) in [6.45, 7) is 4.07. The van der Waals surface area contributed by atoms with Gasteiger partial charge in [0, 0.05) is 18.1 Å². The minimum atomic E-state index is -4.10. The van der Waals surface area contributed by atoms with Crippen LogP contribution in [0.2, 0.25) is 5.02 Å². The van der Waals surface area contributed by atoms with Crippen molar-refractivity contribution in [3.63, 3.8) is 0 Å². The number of hydrogen-bond donors (Lipinski definition) is 1. The van der Waals surface area contributed by atoms with Gasteiger partial charge >= 0.3 is 0 Å². The van der Waals surface area contributed by atoms with E-state index in [4.69, 9.17) is 11.6 Å². The van der Waals surface area contributed by atoms with Crippen LogP contribution in [-0.2, 0) is 26.2 Å². The summed E-state index contributed by atoms with van der Waals surface area (Å²) in [5.41, 5.74) is 1.14. The molecule has 2 amide bonds. The van der Waals surface area contributed by atoms with Gasteiger partial charge in [-0.3, -0.25) is 13.9 Å². The predicted octanol–water partition coefficient (Wildman–Crippen LogP) is 5.26. The second-order valence-electron chi connectivity index (χ2n) is 8.88. The molecule has 7 nitrogen and oxygen atoms in total. The van der Waals surface area contributed by atoms with Crippen molar-refractivity contribution in [2.75, 3.05) is 17.4 Å². The van der Waals surface area contributed by atoms with Crippen molar-refractivity contribution in [1.82, 2.24) is 10.2 Å². The third-order valence-electron chi connectivity index (χ3n) is 6.14. The van der Waals surface area contributed by atoms with Crippen LogP contribution in [0.4, 0.5) is 5.69 Å². The summed E-state index contributed by atoms with van der Waals surface area (Å²) in [6.07, 6.45) is 2.13. The summed E-state index contributed by atoms with van der Waals surface area (Å²) in [5.74, 6) is -0.741. The first-order valence-electron chi connectivity index (χ1n) is 12.7. The molecule has 3 aromatic rings. The average molecular weight is 556 g/mol. The number of carbonyl (C=O) groups excluding carboxylic acids is 2. The Morgan fingerprint density at radius 1 is 0.895 bits per heavy atom. The molecule has 3 aromatic carbocycles. The highest BCUT2D eigenvalue weighted by molar-refractivity contribution is 7.92. The molecule has 0 aliphatic carbocycles. The summed E-state index contributed by atoms with van der Waals surface area (Å²) in [6, 6.07) is 22.8. The number of unbranched alkanes of at least 4 members (excludes halogenated alkanes) is 1. The van der Waals surface area contributed by atoms with Crippen LogP contribution < -0.4 is 9.62 Å². The van der Waals surface area contributed by atoms with Gasteiger partial charge in [-0.15, -0.1) is 0 Å². The molecule has 1 atom stereocenters. The smallest absolute Gasteiger partial charge is 0.264 e. The highest BCUT2D eigenvalue weighted by Gasteiger charge is 2.33. The molecule has 0 fully saturated rings. The van der Waals surface area contributed by atoms with Gasteiger partial charge in [-0.25, -0.2) is 8.42 Å². The van der Waals surface area contributed by atoms with Gasteiger partial charge in [0.15, 0.2) is 0 Å². The number of nitrogens with one attached hydrogen (secondary N) is 1. The summed E-state index contributed by atoms with van der Waals surface area (Å²) >= 11 is 6.05. The fourth-order valence-corrected chi connectivity index (χ4v) is 5.62. The lowest BCUT2D eigenvalue weighted by molar-refractivity contribution is -0.140. The zero-order valence-corrected chi connectivity index (χ0v) is 23.3. The molecule has 9 heteroatoms. The van der Waals surface area contributed by atoms with Crippen LogP contribution in [0.1, 0.15) is 38.7 Å². The highest BCUT2D eigenvalue weighted by Crippen LogP contribution is 2.26. The Labute approximate surface area is 230 Å². The van der Waals surface area contributed by atoms with Gasteiger partial charge in [0.05, 0.1) is 10.6 Å². The number of carbonyl (C=O) groups is 2. The lowest BCUT2D eigenvalue weighted by Gasteiger charge is -2.33. The largest absolute Gasteiger partial charge is 0.354 e. The van der Waals surface area contributed by atoms with Crippen molar-refractivity contribution in [2.45, 2.75) is 50.6 Å². The van der Waals surface area contributed by atoms with E-state index in [1.807, 2.05) is 44.2 Å². The minimum Gasteiger partial charge on any atom is -0.354 e. The highest BCUT2D eigenvalue weighted by atomic mass is 35.5. The van der Waals surface area contributed by atoms with Crippen molar-refractivity contribution < 1.29 is 18.0 Å². The number of rotatable bonds is 13. The quantitative estimate of drug-likeness (QED) is 0.291. The summed E-state index contributed by atoms with van der Waals surface area (Å²) in [7, 11) is -4.10. The van der Waals surface area contributed by atoms with Gasteiger partial charge in [0.2, 0.25) is 11.8 Å². The Morgan fingerprint density at radius 2 is 1.50 bits per heavy atom. The molecule has 0 aromatic heterocycles. The summed E-state index contributed by atoms with van der Waals surface area (Å²) in [5, 5.41) is 3.37. The van der Waals surface area contributed by atoms with Crippen molar-refractivity contribution in [1.29, 1.82) is 0 Å². The van der Waals surface area contributed by atoms with E-state index in [-0.39, 0.29) is 17.3 Å². The summed E-state index contributed by atoms with van der Waals surface area (Å²) in [4.78, 5) is 28.6. The summed E-state index contributed by atoms with van der Waals surface area (Å²) < 4.78 is 28.5. The number of nitrogens with zero attached hydrogens (tertiary/aromatic N) is 2. The van der Waals surface area contributed by atoms with Crippen LogP contribution in [0.3, 0.4) is 0 Å². The monoisotopic (exact) mass is 555 g/mol. The lowest BCUT2D eigenvalue weighted by Crippen LogP contribution is -2.52. The molecule has 1 N–H and O–H groups in total. The third kappa shape index (κ3) is 7.58. The second-order valence-corrected chi connectivity index (χ2v) is 11.2. The number of hydrogen-bond acceptors (Lipinski definition) is 4. The second kappa shape index (κ2) is 14.0. The molecule has 0 heterocycles. The predicted molar refractivity (Wildman–Crippen MR) is 151 cm³/mol. The van der Waals surface area contributed by atoms with Crippen LogP contribution in [0.5, 0.6) is 0 Å². The Kier molecular flexibility index (Phi) is 10.7. The van der Waals surface area contributed by atoms with Gasteiger partial charge in [-0.2, -0.15) is 0 Å². The molecule has 202 valence electrons. The average Bonchev–Trinajstić information content (AvgIpc) is 2.93. The Balaban J connectivity index is 2.00. The maximum absolute atomic E-state index is 13.9. The van der Waals surface area contributed by atoms with Crippen LogP contribution in [0.25, 0.3) is 0 Å². The first-order chi connectivity index (χ1) is 18.3. The fourth-order valence-electron chi connectivity index (χ4n) is 4.06. The number of halogens is 1. The van der Waals surface area contributed by atoms with E-state index in [1.165, 1.54) is 17.0 Å². The van der Waals surface area contributed by atoms with E-state index in [0.29, 0.717) is 23.7 Å². The van der Waals surface area contributed by atoms with Crippen LogP contribution in [0, 0.1) is 0 Å². The molecular weight excluding hydrogens is 522 g/mol. The van der Waals surface area contributed by atoms with E-state index in [0.717, 1.165) is 22.7 Å². The molecule has 0 saturated heterocycles. The first kappa shape index (κ1) is 29.2. The van der Waals surface area contributed by atoms with Crippen molar-refractivity contribution >= 4 is 39.1 Å². The van der Waals surface area contributed by atoms with Crippen molar-refractivity contribution in [2.24, 2.45) is 0 Å². The Hall–Kier alpha value is -3.36. The van der Waals surface area contributed by atoms with Gasteiger partial charge in [-0.1, -0.05) is 80.4 Å². The Bertz CT molecular complexity index is 1290. The van der Waals surface area contributed by atoms with Gasteiger partial charge < -0.3 is 10.2 Å². The maximum Gasteiger partial charge on any atom is 0.264 e. The van der Waals surface area contributed by atoms with Gasteiger partial charge in [0.25, 0.3) is 10.0 Å². The normalized spacial score (nSPS) is 12.0. The van der Waals surface area contributed by atoms with E-state index in [2.05, 4.69) is 5.32 Å². The maximum atomic E-state index is 13.9. The van der Waals surface area contributed by atoms with E-state index >= 15 is 0 Å². The number of amides is 2. The molecule has 0 bridgehead atoms. The molecule has 0 aliphatic rings. The topological polar surface area (TPSA) is 86.8 Å². The van der Waals surface area contributed by atoms with E-state index in [9.17, 15) is 18.0 Å². The van der Waals surface area contributed by atoms with Crippen molar-refractivity contribution in [3.05, 3.63) is 95.5 Å². The minimum absolute atomic E-state index is 0.0571. The fraction of sp³-hybridized carbons (Fsp3) is 0.310. The zero-order valence-electron chi connectivity index (χ0n) is 21.7. The third-order valence-corrected chi connectivity index (χ3v) is 8.18. The molecular formula is C29H34ClN3O4S. The van der Waals surface area contributed by atoms with Gasteiger partial charge in [0.1, 0.15) is 12.6 Å². The number of anilines is 1. The standard InChI is InChI=1S/C29H34ClN3O4S/c1-3-5-20-31-29(35)27(4-2)32(21-23-12-8-6-9-13-23)28(34)22-33(25-18-16-24(30)17-19-25)38(36,37)26-14-10-7-11-15-26/h6-19,27H,3-5,20-22H2,1-2H3,(H,31,35). The molecule has 3 rings (SSSR count). The molecule has 1 unspecified atom stereocenters. The number of benzene rings is 3. The molecule has 38 heavy (non-hydrogen) atoms. The van der Waals surface area contributed by atoms with Crippen LogP contribution in [-0.4, -0.2) is 44.3 Å². The van der Waals surface area contributed by atoms with Crippen LogP contribution in [0.15, 0.2) is 89.8 Å². The zero-order chi connectivity index (χ0) is 27.5. The first-order valence-corrected chi connectivity index (χ1v) is 14.5. The van der Waals surface area contributed by atoms with E-state index in [1.54, 1.807) is 42.5 Å². The van der Waals surface area contributed by atoms with Gasteiger partial charge in [-0.05, 0) is 54.8 Å². The van der Waals surface area contributed by atoms with Crippen molar-refractivity contribution in [3.8, 4) is 0 Å².